The SMILES string of the molecule is Cl.O=c1[nH]c2ccccc2n1CCN1CCC(OC(c2ccccc2)c2ccccc2)CC1. The highest BCUT2D eigenvalue weighted by Crippen LogP contribution is 2.30. The first-order chi connectivity index (χ1) is 15.8. The van der Waals surface area contributed by atoms with Crippen LogP contribution in [0.3, 0.4) is 0 Å². The smallest absolute Gasteiger partial charge is 0.326 e. The third-order valence-electron chi connectivity index (χ3n) is 6.39. The molecule has 2 heterocycles. The maximum absolute atomic E-state index is 12.3. The first kappa shape index (κ1) is 23.3. The Morgan fingerprint density at radius 2 is 1.39 bits per heavy atom. The number of hydrogen-bond donors (Lipinski definition) is 1. The molecule has 0 amide bonds. The Morgan fingerprint density at radius 3 is 2.03 bits per heavy atom. The van der Waals surface area contributed by atoms with Crippen LogP contribution in [0.5, 0.6) is 0 Å². The monoisotopic (exact) mass is 463 g/mol. The maximum Gasteiger partial charge on any atom is 0.326 e. The summed E-state index contributed by atoms with van der Waals surface area (Å²) < 4.78 is 8.50. The molecule has 3 aromatic carbocycles. The molecule has 1 N–H and O–H groups in total. The Morgan fingerprint density at radius 1 is 0.818 bits per heavy atom. The fourth-order valence-corrected chi connectivity index (χ4v) is 4.64. The molecule has 0 atom stereocenters. The van der Waals surface area contributed by atoms with Gasteiger partial charge in [-0.3, -0.25) is 4.57 Å². The molecular weight excluding hydrogens is 434 g/mol. The Labute approximate surface area is 200 Å². The zero-order valence-corrected chi connectivity index (χ0v) is 19.4. The summed E-state index contributed by atoms with van der Waals surface area (Å²) in [5, 5.41) is 0. The minimum atomic E-state index is -0.0428. The molecule has 33 heavy (non-hydrogen) atoms. The molecule has 0 unspecified atom stereocenters. The lowest BCUT2D eigenvalue weighted by Gasteiger charge is -2.34. The molecule has 5 rings (SSSR count). The summed E-state index contributed by atoms with van der Waals surface area (Å²) in [4.78, 5) is 17.7. The molecule has 1 aliphatic rings. The molecule has 0 aliphatic carbocycles. The molecule has 1 aromatic heterocycles. The van der Waals surface area contributed by atoms with Gasteiger partial charge in [-0.05, 0) is 36.1 Å². The Hall–Kier alpha value is -2.86. The van der Waals surface area contributed by atoms with Crippen molar-refractivity contribution in [3.05, 3.63) is 107 Å². The van der Waals surface area contributed by atoms with Crippen molar-refractivity contribution in [2.45, 2.75) is 31.6 Å². The molecule has 5 nitrogen and oxygen atoms in total. The third kappa shape index (κ3) is 5.38. The highest BCUT2D eigenvalue weighted by atomic mass is 35.5. The van der Waals surface area contributed by atoms with E-state index < -0.39 is 0 Å². The summed E-state index contributed by atoms with van der Waals surface area (Å²) >= 11 is 0. The molecule has 1 fully saturated rings. The van der Waals surface area contributed by atoms with Crippen molar-refractivity contribution < 1.29 is 4.74 Å². The topological polar surface area (TPSA) is 50.3 Å². The highest BCUT2D eigenvalue weighted by molar-refractivity contribution is 5.85. The van der Waals surface area contributed by atoms with Crippen molar-refractivity contribution in [3.63, 3.8) is 0 Å². The van der Waals surface area contributed by atoms with Crippen LogP contribution in [0.1, 0.15) is 30.1 Å². The van der Waals surface area contributed by atoms with Crippen LogP contribution in [0.15, 0.2) is 89.7 Å². The molecule has 172 valence electrons. The Kier molecular flexibility index (Phi) is 7.65. The minimum absolute atomic E-state index is 0. The van der Waals surface area contributed by atoms with Gasteiger partial charge in [0.15, 0.2) is 0 Å². The number of hydrogen-bond acceptors (Lipinski definition) is 3. The summed E-state index contributed by atoms with van der Waals surface area (Å²) in [5.74, 6) is 0. The lowest BCUT2D eigenvalue weighted by molar-refractivity contribution is -0.0272. The van der Waals surface area contributed by atoms with Crippen LogP contribution in [-0.2, 0) is 11.3 Å². The largest absolute Gasteiger partial charge is 0.365 e. The Bertz CT molecular complexity index is 1160. The third-order valence-corrected chi connectivity index (χ3v) is 6.39. The van der Waals surface area contributed by atoms with E-state index in [1.807, 2.05) is 41.0 Å². The van der Waals surface area contributed by atoms with E-state index in [0.29, 0.717) is 6.54 Å². The van der Waals surface area contributed by atoms with E-state index in [2.05, 4.69) is 58.4 Å². The number of benzene rings is 3. The number of nitrogens with one attached hydrogen (secondary N) is 1. The van der Waals surface area contributed by atoms with Crippen molar-refractivity contribution in [2.75, 3.05) is 19.6 Å². The predicted octanol–water partition coefficient (Wildman–Crippen LogP) is 5.02. The van der Waals surface area contributed by atoms with E-state index in [0.717, 1.165) is 43.5 Å². The van der Waals surface area contributed by atoms with Gasteiger partial charge >= 0.3 is 5.69 Å². The fourth-order valence-electron chi connectivity index (χ4n) is 4.64. The summed E-state index contributed by atoms with van der Waals surface area (Å²) in [6.45, 7) is 3.54. The number of piperidine rings is 1. The molecular formula is C27H30ClN3O2. The molecule has 6 heteroatoms. The maximum atomic E-state index is 12.3. The quantitative estimate of drug-likeness (QED) is 0.418. The van der Waals surface area contributed by atoms with E-state index in [4.69, 9.17) is 4.74 Å². The summed E-state index contributed by atoms with van der Waals surface area (Å²) in [6, 6.07) is 28.8. The van der Waals surface area contributed by atoms with Crippen LogP contribution in [0.25, 0.3) is 11.0 Å². The lowest BCUT2D eigenvalue weighted by atomic mass is 10.00. The van der Waals surface area contributed by atoms with Crippen molar-refractivity contribution in [2.24, 2.45) is 0 Å². The van der Waals surface area contributed by atoms with Gasteiger partial charge in [-0.25, -0.2) is 4.79 Å². The van der Waals surface area contributed by atoms with E-state index in [1.54, 1.807) is 0 Å². The molecule has 0 saturated carbocycles. The minimum Gasteiger partial charge on any atom is -0.365 e. The number of fused-ring (bicyclic) bond motifs is 1. The number of halogens is 1. The Balaban J connectivity index is 0.00000259. The number of aromatic amines is 1. The summed E-state index contributed by atoms with van der Waals surface area (Å²) in [5.41, 5.74) is 4.24. The van der Waals surface area contributed by atoms with Crippen molar-refractivity contribution in [3.8, 4) is 0 Å². The molecule has 0 radical (unpaired) electrons. The van der Waals surface area contributed by atoms with Crippen molar-refractivity contribution in [1.82, 2.24) is 14.5 Å². The number of imidazole rings is 1. The molecule has 1 saturated heterocycles. The zero-order valence-electron chi connectivity index (χ0n) is 18.6. The van der Waals surface area contributed by atoms with E-state index in [9.17, 15) is 4.79 Å². The summed E-state index contributed by atoms with van der Waals surface area (Å²) in [6.07, 6.45) is 2.18. The second kappa shape index (κ2) is 10.8. The van der Waals surface area contributed by atoms with E-state index in [1.165, 1.54) is 11.1 Å². The first-order valence-corrected chi connectivity index (χ1v) is 11.4. The zero-order chi connectivity index (χ0) is 21.8. The van der Waals surface area contributed by atoms with Gasteiger partial charge in [-0.1, -0.05) is 72.8 Å². The summed E-state index contributed by atoms with van der Waals surface area (Å²) in [7, 11) is 0. The van der Waals surface area contributed by atoms with Gasteiger partial charge in [-0.2, -0.15) is 0 Å². The number of ether oxygens (including phenoxy) is 1. The normalized spacial score (nSPS) is 15.1. The van der Waals surface area contributed by atoms with Gasteiger partial charge in [0.25, 0.3) is 0 Å². The standard InChI is InChI=1S/C27H29N3O2.ClH/c31-27-28-24-13-7-8-14-25(24)30(27)20-19-29-17-15-23(16-18-29)32-26(21-9-3-1-4-10-21)22-11-5-2-6-12-22;/h1-14,23,26H,15-20H2,(H,28,31);1H. The van der Waals surface area contributed by atoms with Gasteiger partial charge in [0.2, 0.25) is 0 Å². The van der Waals surface area contributed by atoms with Crippen molar-refractivity contribution in [1.29, 1.82) is 0 Å². The van der Waals surface area contributed by atoms with Crippen LogP contribution < -0.4 is 5.69 Å². The second-order valence-corrected chi connectivity index (χ2v) is 8.48. The molecule has 0 bridgehead atoms. The predicted molar refractivity (Wildman–Crippen MR) is 135 cm³/mol. The van der Waals surface area contributed by atoms with Crippen LogP contribution in [-0.4, -0.2) is 40.2 Å². The number of nitrogens with zero attached hydrogens (tertiary/aromatic N) is 2. The number of H-pyrrole nitrogens is 1. The van der Waals surface area contributed by atoms with Gasteiger partial charge in [-0.15, -0.1) is 12.4 Å². The molecule has 1 aliphatic heterocycles. The van der Waals surface area contributed by atoms with Crippen molar-refractivity contribution >= 4 is 23.4 Å². The number of likely N-dealkylation sites (tertiary alicyclic amines) is 1. The number of rotatable bonds is 7. The average molecular weight is 464 g/mol. The van der Waals surface area contributed by atoms with Gasteiger partial charge < -0.3 is 14.6 Å². The van der Waals surface area contributed by atoms with Gasteiger partial charge in [0, 0.05) is 26.2 Å². The van der Waals surface area contributed by atoms with Gasteiger partial charge in [0.05, 0.1) is 17.1 Å². The lowest BCUT2D eigenvalue weighted by Crippen LogP contribution is -2.39. The van der Waals surface area contributed by atoms with Crippen LogP contribution in [0, 0.1) is 0 Å². The number of aromatic nitrogens is 2. The number of para-hydroxylation sites is 2. The average Bonchev–Trinajstić information content (AvgIpc) is 3.18. The second-order valence-electron chi connectivity index (χ2n) is 8.48. The highest BCUT2D eigenvalue weighted by Gasteiger charge is 2.24. The fraction of sp³-hybridized carbons (Fsp3) is 0.296. The molecule has 0 spiro atoms. The van der Waals surface area contributed by atoms with Crippen LogP contribution in [0.2, 0.25) is 0 Å². The van der Waals surface area contributed by atoms with Gasteiger partial charge in [0.1, 0.15) is 6.10 Å². The van der Waals surface area contributed by atoms with E-state index in [-0.39, 0.29) is 30.3 Å². The van der Waals surface area contributed by atoms with Crippen LogP contribution >= 0.6 is 12.4 Å². The van der Waals surface area contributed by atoms with E-state index >= 15 is 0 Å². The first-order valence-electron chi connectivity index (χ1n) is 11.4. The van der Waals surface area contributed by atoms with Crippen LogP contribution in [0.4, 0.5) is 0 Å². The molecule has 4 aromatic rings.